The first-order valence-electron chi connectivity index (χ1n) is 7.07. The minimum Gasteiger partial charge on any atom is -0.356 e. The maximum atomic E-state index is 12.8. The highest BCUT2D eigenvalue weighted by molar-refractivity contribution is 5.79. The smallest absolute Gasteiger partial charge is 0.191 e. The summed E-state index contributed by atoms with van der Waals surface area (Å²) in [6.07, 6.45) is 4.90. The minimum absolute atomic E-state index is 0.200. The molecule has 112 valence electrons. The largest absolute Gasteiger partial charge is 0.356 e. The van der Waals surface area contributed by atoms with Crippen LogP contribution in [0.1, 0.15) is 5.56 Å². The van der Waals surface area contributed by atoms with Gasteiger partial charge in [-0.15, -0.1) is 0 Å². The van der Waals surface area contributed by atoms with E-state index in [2.05, 4.69) is 20.2 Å². The van der Waals surface area contributed by atoms with Gasteiger partial charge in [-0.25, -0.2) is 4.39 Å². The molecule has 0 saturated carbocycles. The minimum atomic E-state index is -0.200. The summed E-state index contributed by atoms with van der Waals surface area (Å²) in [5.41, 5.74) is 1.10. The molecule has 1 aromatic heterocycles. The van der Waals surface area contributed by atoms with Gasteiger partial charge >= 0.3 is 0 Å². The first-order chi connectivity index (χ1) is 10.3. The molecule has 2 aromatic rings. The van der Waals surface area contributed by atoms with Crippen LogP contribution in [0.4, 0.5) is 4.39 Å². The van der Waals surface area contributed by atoms with Crippen LogP contribution in [0.15, 0.2) is 53.8 Å². The second-order valence-corrected chi connectivity index (χ2v) is 4.72. The highest BCUT2D eigenvalue weighted by Crippen LogP contribution is 2.02. The van der Waals surface area contributed by atoms with E-state index in [-0.39, 0.29) is 5.82 Å². The van der Waals surface area contributed by atoms with Crippen LogP contribution in [-0.4, -0.2) is 30.7 Å². The van der Waals surface area contributed by atoms with E-state index in [4.69, 9.17) is 0 Å². The average Bonchev–Trinajstić information content (AvgIpc) is 3.01. The van der Waals surface area contributed by atoms with Crippen molar-refractivity contribution < 1.29 is 4.39 Å². The zero-order chi connectivity index (χ0) is 14.9. The molecule has 0 unspecified atom stereocenters. The molecule has 2 rings (SSSR count). The van der Waals surface area contributed by atoms with E-state index in [9.17, 15) is 4.39 Å². The fourth-order valence-electron chi connectivity index (χ4n) is 2.02. The number of hydrogen-bond acceptors (Lipinski definition) is 1. The van der Waals surface area contributed by atoms with Crippen molar-refractivity contribution in [2.45, 2.75) is 13.0 Å². The number of aliphatic imine (C=N–C) groups is 1. The van der Waals surface area contributed by atoms with Crippen molar-refractivity contribution in [1.82, 2.24) is 15.2 Å². The van der Waals surface area contributed by atoms with E-state index in [1.807, 2.05) is 24.5 Å². The van der Waals surface area contributed by atoms with Crippen LogP contribution in [0.3, 0.4) is 0 Å². The molecule has 1 aromatic carbocycles. The lowest BCUT2D eigenvalue weighted by Gasteiger charge is -2.12. The molecule has 0 atom stereocenters. The third-order valence-corrected chi connectivity index (χ3v) is 3.17. The summed E-state index contributed by atoms with van der Waals surface area (Å²) in [6.45, 7) is 2.46. The van der Waals surface area contributed by atoms with Crippen LogP contribution in [0.25, 0.3) is 0 Å². The Hall–Kier alpha value is -2.30. The van der Waals surface area contributed by atoms with E-state index in [1.54, 1.807) is 19.2 Å². The number of rotatable bonds is 6. The standard InChI is InChI=1S/C16H21FN4/c1-18-16(20-10-13-21-11-2-3-12-21)19-9-8-14-4-6-15(17)7-5-14/h2-7,11-12H,8-10,13H2,1H3,(H2,18,19,20). The number of aromatic nitrogens is 1. The van der Waals surface area contributed by atoms with Crippen LogP contribution in [0, 0.1) is 5.82 Å². The van der Waals surface area contributed by atoms with E-state index >= 15 is 0 Å². The third kappa shape index (κ3) is 5.30. The van der Waals surface area contributed by atoms with Gasteiger partial charge in [0.05, 0.1) is 0 Å². The molecule has 0 aliphatic rings. The molecule has 0 amide bonds. The molecule has 4 nitrogen and oxygen atoms in total. The molecule has 1 heterocycles. The van der Waals surface area contributed by atoms with Gasteiger partial charge < -0.3 is 15.2 Å². The monoisotopic (exact) mass is 288 g/mol. The first-order valence-corrected chi connectivity index (χ1v) is 7.07. The SMILES string of the molecule is CN=C(NCCc1ccc(F)cc1)NCCn1cccc1. The molecule has 0 bridgehead atoms. The summed E-state index contributed by atoms with van der Waals surface area (Å²) < 4.78 is 14.9. The molecule has 2 N–H and O–H groups in total. The Morgan fingerprint density at radius 2 is 1.76 bits per heavy atom. The molecule has 5 heteroatoms. The molecular formula is C16H21FN4. The number of guanidine groups is 1. The molecule has 0 aliphatic carbocycles. The second kappa shape index (κ2) is 8.09. The van der Waals surface area contributed by atoms with Gasteiger partial charge in [-0.2, -0.15) is 0 Å². The predicted molar refractivity (Wildman–Crippen MR) is 83.9 cm³/mol. The lowest BCUT2D eigenvalue weighted by molar-refractivity contribution is 0.626. The van der Waals surface area contributed by atoms with Crippen molar-refractivity contribution >= 4 is 5.96 Å². The van der Waals surface area contributed by atoms with Crippen LogP contribution < -0.4 is 10.6 Å². The molecule has 0 radical (unpaired) electrons. The zero-order valence-electron chi connectivity index (χ0n) is 12.2. The maximum Gasteiger partial charge on any atom is 0.191 e. The van der Waals surface area contributed by atoms with E-state index in [0.717, 1.165) is 37.6 Å². The topological polar surface area (TPSA) is 41.4 Å². The Morgan fingerprint density at radius 3 is 2.43 bits per heavy atom. The van der Waals surface area contributed by atoms with Crippen LogP contribution >= 0.6 is 0 Å². The van der Waals surface area contributed by atoms with Gasteiger partial charge in [0.2, 0.25) is 0 Å². The van der Waals surface area contributed by atoms with Crippen LogP contribution in [0.2, 0.25) is 0 Å². The van der Waals surface area contributed by atoms with Gasteiger partial charge in [0, 0.05) is 39.1 Å². The Morgan fingerprint density at radius 1 is 1.10 bits per heavy atom. The molecule has 0 saturated heterocycles. The van der Waals surface area contributed by atoms with E-state index in [0.29, 0.717) is 0 Å². The predicted octanol–water partition coefficient (Wildman–Crippen LogP) is 2.03. The van der Waals surface area contributed by atoms with Gasteiger partial charge in [0.15, 0.2) is 5.96 Å². The fraction of sp³-hybridized carbons (Fsp3) is 0.312. The van der Waals surface area contributed by atoms with Crippen LogP contribution in [-0.2, 0) is 13.0 Å². The maximum absolute atomic E-state index is 12.8. The number of benzene rings is 1. The Labute approximate surface area is 124 Å². The third-order valence-electron chi connectivity index (χ3n) is 3.17. The quantitative estimate of drug-likeness (QED) is 0.631. The first kappa shape index (κ1) is 15.1. The number of hydrogen-bond donors (Lipinski definition) is 2. The lowest BCUT2D eigenvalue weighted by Crippen LogP contribution is -2.39. The van der Waals surface area contributed by atoms with E-state index < -0.39 is 0 Å². The zero-order valence-corrected chi connectivity index (χ0v) is 12.2. The van der Waals surface area contributed by atoms with Crippen LogP contribution in [0.5, 0.6) is 0 Å². The highest BCUT2D eigenvalue weighted by Gasteiger charge is 1.98. The molecule has 21 heavy (non-hydrogen) atoms. The Balaban J connectivity index is 1.66. The van der Waals surface area contributed by atoms with Gasteiger partial charge in [0.1, 0.15) is 5.82 Å². The molecular weight excluding hydrogens is 267 g/mol. The van der Waals surface area contributed by atoms with Gasteiger partial charge in [0.25, 0.3) is 0 Å². The van der Waals surface area contributed by atoms with Crippen molar-refractivity contribution in [3.8, 4) is 0 Å². The summed E-state index contributed by atoms with van der Waals surface area (Å²) in [6, 6.07) is 10.6. The van der Waals surface area contributed by atoms with Crippen molar-refractivity contribution in [2.24, 2.45) is 4.99 Å². The second-order valence-electron chi connectivity index (χ2n) is 4.72. The van der Waals surface area contributed by atoms with Crippen molar-refractivity contribution in [3.63, 3.8) is 0 Å². The van der Waals surface area contributed by atoms with E-state index in [1.165, 1.54) is 12.1 Å². The lowest BCUT2D eigenvalue weighted by atomic mass is 10.1. The van der Waals surface area contributed by atoms with Gasteiger partial charge in [-0.3, -0.25) is 4.99 Å². The molecule has 0 spiro atoms. The van der Waals surface area contributed by atoms with Gasteiger partial charge in [-0.05, 0) is 36.2 Å². The molecule has 0 aliphatic heterocycles. The number of halogens is 1. The van der Waals surface area contributed by atoms with Gasteiger partial charge in [-0.1, -0.05) is 12.1 Å². The number of nitrogens with one attached hydrogen (secondary N) is 2. The Kier molecular flexibility index (Phi) is 5.82. The summed E-state index contributed by atoms with van der Waals surface area (Å²) in [7, 11) is 1.75. The normalized spacial score (nSPS) is 11.4. The average molecular weight is 288 g/mol. The number of nitrogens with zero attached hydrogens (tertiary/aromatic N) is 2. The summed E-state index contributed by atoms with van der Waals surface area (Å²) >= 11 is 0. The molecule has 0 fully saturated rings. The van der Waals surface area contributed by atoms with Crippen molar-refractivity contribution in [2.75, 3.05) is 20.1 Å². The summed E-state index contributed by atoms with van der Waals surface area (Å²) in [5, 5.41) is 6.51. The Bertz CT molecular complexity index is 546. The van der Waals surface area contributed by atoms with Crippen molar-refractivity contribution in [3.05, 3.63) is 60.2 Å². The van der Waals surface area contributed by atoms with Crippen molar-refractivity contribution in [1.29, 1.82) is 0 Å². The summed E-state index contributed by atoms with van der Waals surface area (Å²) in [5.74, 6) is 0.582. The highest BCUT2D eigenvalue weighted by atomic mass is 19.1. The summed E-state index contributed by atoms with van der Waals surface area (Å²) in [4.78, 5) is 4.18. The fourth-order valence-corrected chi connectivity index (χ4v) is 2.02.